The van der Waals surface area contributed by atoms with Crippen LogP contribution in [0.5, 0.6) is 0 Å². The number of aromatic nitrogens is 1. The molecule has 0 bridgehead atoms. The molecule has 1 fully saturated rings. The van der Waals surface area contributed by atoms with Crippen molar-refractivity contribution in [1.82, 2.24) is 10.3 Å². The van der Waals surface area contributed by atoms with Crippen molar-refractivity contribution in [3.05, 3.63) is 44.9 Å². The topological polar surface area (TPSA) is 66.5 Å². The zero-order valence-electron chi connectivity index (χ0n) is 14.7. The number of anilines is 1. The monoisotopic (exact) mass is 411 g/mol. The first-order valence-corrected chi connectivity index (χ1v) is 10.4. The van der Waals surface area contributed by atoms with Crippen molar-refractivity contribution >= 4 is 45.6 Å². The standard InChI is InChI=1S/C18H23Cl2N5S/c1-12(15-5-4-13(19)10-16(15)20)23-17(21)22-7-6-14-11-26-18(24-14)25-8-2-3-9-25/h4-5,10-12H,2-3,6-9H2,1H3,(H3,21,22,23). The molecule has 5 nitrogen and oxygen atoms in total. The van der Waals surface area contributed by atoms with Gasteiger partial charge in [0, 0.05) is 41.5 Å². The molecule has 1 aliphatic rings. The lowest BCUT2D eigenvalue weighted by Crippen LogP contribution is -2.34. The molecule has 1 atom stereocenters. The number of hydrogen-bond acceptors (Lipinski definition) is 4. The van der Waals surface area contributed by atoms with Gasteiger partial charge in [-0.2, -0.15) is 0 Å². The molecule has 0 aliphatic carbocycles. The molecule has 1 saturated heterocycles. The van der Waals surface area contributed by atoms with Gasteiger partial charge in [0.2, 0.25) is 0 Å². The van der Waals surface area contributed by atoms with Gasteiger partial charge in [-0.1, -0.05) is 29.3 Å². The van der Waals surface area contributed by atoms with Crippen LogP contribution in [0.4, 0.5) is 5.13 Å². The third kappa shape index (κ3) is 5.02. The molecule has 0 radical (unpaired) electrons. The van der Waals surface area contributed by atoms with Crippen molar-refractivity contribution in [1.29, 1.82) is 0 Å². The normalized spacial score (nSPS) is 16.1. The smallest absolute Gasteiger partial charge is 0.189 e. The summed E-state index contributed by atoms with van der Waals surface area (Å²) in [7, 11) is 0. The number of rotatable bonds is 6. The van der Waals surface area contributed by atoms with E-state index >= 15 is 0 Å². The largest absolute Gasteiger partial charge is 0.370 e. The molecule has 140 valence electrons. The van der Waals surface area contributed by atoms with E-state index in [0.717, 1.165) is 35.9 Å². The average molecular weight is 412 g/mol. The maximum Gasteiger partial charge on any atom is 0.189 e. The van der Waals surface area contributed by atoms with E-state index in [2.05, 4.69) is 20.6 Å². The number of nitrogens with one attached hydrogen (secondary N) is 1. The number of aliphatic imine (C=N–C) groups is 1. The molecule has 1 aromatic heterocycles. The molecule has 1 aliphatic heterocycles. The zero-order valence-corrected chi connectivity index (χ0v) is 17.0. The van der Waals surface area contributed by atoms with E-state index in [1.165, 1.54) is 12.8 Å². The lowest BCUT2D eigenvalue weighted by Gasteiger charge is -2.16. The average Bonchev–Trinajstić information content (AvgIpc) is 3.25. The molecule has 2 aromatic rings. The lowest BCUT2D eigenvalue weighted by molar-refractivity contribution is 0.707. The summed E-state index contributed by atoms with van der Waals surface area (Å²) in [5.41, 5.74) is 8.01. The number of halogens is 2. The first-order chi connectivity index (χ1) is 12.5. The molecule has 0 amide bonds. The number of thiazole rings is 1. The molecular weight excluding hydrogens is 389 g/mol. The fourth-order valence-electron chi connectivity index (χ4n) is 2.95. The second-order valence-electron chi connectivity index (χ2n) is 6.36. The van der Waals surface area contributed by atoms with Gasteiger partial charge in [0.05, 0.1) is 11.7 Å². The Hall–Kier alpha value is -1.50. The Kier molecular flexibility index (Phi) is 6.62. The van der Waals surface area contributed by atoms with Crippen molar-refractivity contribution < 1.29 is 0 Å². The SMILES string of the molecule is CC(NC(N)=NCCc1csc(N2CCCC2)n1)c1ccc(Cl)cc1Cl. The molecule has 1 aromatic carbocycles. The first-order valence-electron chi connectivity index (χ1n) is 8.73. The highest BCUT2D eigenvalue weighted by Crippen LogP contribution is 2.26. The van der Waals surface area contributed by atoms with E-state index in [0.29, 0.717) is 22.5 Å². The minimum atomic E-state index is -0.0513. The van der Waals surface area contributed by atoms with Crippen LogP contribution in [0.25, 0.3) is 0 Å². The first kappa shape index (κ1) is 19.3. The van der Waals surface area contributed by atoms with Crippen molar-refractivity contribution in [2.45, 2.75) is 32.2 Å². The Morgan fingerprint density at radius 2 is 2.15 bits per heavy atom. The van der Waals surface area contributed by atoms with Gasteiger partial charge in [-0.15, -0.1) is 11.3 Å². The van der Waals surface area contributed by atoms with Gasteiger partial charge < -0.3 is 16.0 Å². The second-order valence-corrected chi connectivity index (χ2v) is 8.04. The molecule has 3 rings (SSSR count). The minimum absolute atomic E-state index is 0.0513. The van der Waals surface area contributed by atoms with Crippen LogP contribution >= 0.6 is 34.5 Å². The van der Waals surface area contributed by atoms with E-state index in [-0.39, 0.29) is 6.04 Å². The predicted octanol–water partition coefficient (Wildman–Crippen LogP) is 4.26. The van der Waals surface area contributed by atoms with Gasteiger partial charge in [0.1, 0.15) is 0 Å². The summed E-state index contributed by atoms with van der Waals surface area (Å²) >= 11 is 13.9. The van der Waals surface area contributed by atoms with Crippen LogP contribution in [-0.2, 0) is 6.42 Å². The minimum Gasteiger partial charge on any atom is -0.370 e. The Morgan fingerprint density at radius 3 is 2.88 bits per heavy atom. The molecule has 2 heterocycles. The predicted molar refractivity (Wildman–Crippen MR) is 112 cm³/mol. The molecule has 1 unspecified atom stereocenters. The van der Waals surface area contributed by atoms with Crippen LogP contribution in [0, 0.1) is 0 Å². The van der Waals surface area contributed by atoms with Crippen molar-refractivity contribution in [3.63, 3.8) is 0 Å². The van der Waals surface area contributed by atoms with Gasteiger partial charge in [-0.3, -0.25) is 4.99 Å². The van der Waals surface area contributed by atoms with E-state index < -0.39 is 0 Å². The molecular formula is C18H23Cl2N5S. The third-order valence-electron chi connectivity index (χ3n) is 4.36. The Morgan fingerprint density at radius 1 is 1.38 bits per heavy atom. The third-order valence-corrected chi connectivity index (χ3v) is 5.87. The summed E-state index contributed by atoms with van der Waals surface area (Å²) in [4.78, 5) is 11.5. The number of hydrogen-bond donors (Lipinski definition) is 2. The molecule has 26 heavy (non-hydrogen) atoms. The van der Waals surface area contributed by atoms with Crippen LogP contribution in [0.15, 0.2) is 28.6 Å². The van der Waals surface area contributed by atoms with Crippen LogP contribution in [0.3, 0.4) is 0 Å². The maximum absolute atomic E-state index is 6.23. The van der Waals surface area contributed by atoms with Gasteiger partial charge in [-0.25, -0.2) is 4.98 Å². The van der Waals surface area contributed by atoms with Crippen LogP contribution in [0.2, 0.25) is 10.0 Å². The van der Waals surface area contributed by atoms with E-state index in [1.54, 1.807) is 17.4 Å². The highest BCUT2D eigenvalue weighted by Gasteiger charge is 2.15. The summed E-state index contributed by atoms with van der Waals surface area (Å²) in [6.45, 7) is 4.82. The van der Waals surface area contributed by atoms with Crippen molar-refractivity contribution in [3.8, 4) is 0 Å². The molecule has 0 saturated carbocycles. The summed E-state index contributed by atoms with van der Waals surface area (Å²) in [6, 6.07) is 5.38. The Labute approximate surface area is 168 Å². The van der Waals surface area contributed by atoms with Crippen LogP contribution in [0.1, 0.15) is 37.1 Å². The van der Waals surface area contributed by atoms with Gasteiger partial charge in [0.25, 0.3) is 0 Å². The van der Waals surface area contributed by atoms with Crippen molar-refractivity contribution in [2.24, 2.45) is 10.7 Å². The van der Waals surface area contributed by atoms with Crippen LogP contribution in [-0.4, -0.2) is 30.6 Å². The van der Waals surface area contributed by atoms with E-state index in [1.807, 2.05) is 19.1 Å². The molecule has 0 spiro atoms. The summed E-state index contributed by atoms with van der Waals surface area (Å²) < 4.78 is 0. The van der Waals surface area contributed by atoms with E-state index in [9.17, 15) is 0 Å². The van der Waals surface area contributed by atoms with Gasteiger partial charge >= 0.3 is 0 Å². The summed E-state index contributed by atoms with van der Waals surface area (Å²) in [5.74, 6) is 0.401. The highest BCUT2D eigenvalue weighted by atomic mass is 35.5. The van der Waals surface area contributed by atoms with Crippen LogP contribution < -0.4 is 16.0 Å². The van der Waals surface area contributed by atoms with E-state index in [4.69, 9.17) is 33.9 Å². The number of nitrogens with zero attached hydrogens (tertiary/aromatic N) is 3. The summed E-state index contributed by atoms with van der Waals surface area (Å²) in [5, 5.41) is 7.63. The number of benzene rings is 1. The maximum atomic E-state index is 6.23. The number of nitrogens with two attached hydrogens (primary N) is 1. The van der Waals surface area contributed by atoms with Crippen molar-refractivity contribution in [2.75, 3.05) is 24.5 Å². The fraction of sp³-hybridized carbons (Fsp3) is 0.444. The molecule has 8 heteroatoms. The lowest BCUT2D eigenvalue weighted by atomic mass is 10.1. The fourth-order valence-corrected chi connectivity index (χ4v) is 4.44. The van der Waals surface area contributed by atoms with Gasteiger partial charge in [0.15, 0.2) is 11.1 Å². The summed E-state index contributed by atoms with van der Waals surface area (Å²) in [6.07, 6.45) is 3.30. The Bertz CT molecular complexity index is 771. The zero-order chi connectivity index (χ0) is 18.5. The highest BCUT2D eigenvalue weighted by molar-refractivity contribution is 7.13. The quantitative estimate of drug-likeness (QED) is 0.550. The number of guanidine groups is 1. The van der Waals surface area contributed by atoms with Gasteiger partial charge in [-0.05, 0) is 37.5 Å². The molecule has 3 N–H and O–H groups in total. The Balaban J connectivity index is 1.50. The second kappa shape index (κ2) is 8.93.